The Morgan fingerprint density at radius 3 is 2.63 bits per heavy atom. The van der Waals surface area contributed by atoms with Crippen LogP contribution in [-0.4, -0.2) is 54.6 Å². The minimum Gasteiger partial charge on any atom is -0.370 e. The molecule has 0 atom stereocenters. The Morgan fingerprint density at radius 1 is 1.11 bits per heavy atom. The second kappa shape index (κ2) is 5.33. The predicted octanol–water partition coefficient (Wildman–Crippen LogP) is 1.15. The van der Waals surface area contributed by atoms with Gasteiger partial charge in [-0.05, 0) is 33.2 Å². The van der Waals surface area contributed by atoms with Gasteiger partial charge in [0.15, 0.2) is 0 Å². The zero-order chi connectivity index (χ0) is 13.2. The van der Waals surface area contributed by atoms with Gasteiger partial charge in [0.2, 0.25) is 5.95 Å². The Balaban J connectivity index is 1.87. The Kier molecular flexibility index (Phi) is 3.55. The molecule has 5 heteroatoms. The minimum atomic E-state index is 0.921. The SMILES string of the molecule is CCNc1nc(N2CCN(C)CC2)nc2c1CCC2. The summed E-state index contributed by atoms with van der Waals surface area (Å²) in [4.78, 5) is 14.2. The lowest BCUT2D eigenvalue weighted by Crippen LogP contribution is -2.45. The largest absolute Gasteiger partial charge is 0.370 e. The molecule has 0 amide bonds. The molecule has 0 radical (unpaired) electrons. The summed E-state index contributed by atoms with van der Waals surface area (Å²) in [6.45, 7) is 7.29. The smallest absolute Gasteiger partial charge is 0.227 e. The molecular weight excluding hydrogens is 238 g/mol. The third-order valence-electron chi connectivity index (χ3n) is 4.05. The van der Waals surface area contributed by atoms with Crippen molar-refractivity contribution in [3.63, 3.8) is 0 Å². The molecule has 0 spiro atoms. The molecule has 1 fully saturated rings. The van der Waals surface area contributed by atoms with Crippen LogP contribution in [0.3, 0.4) is 0 Å². The molecule has 1 aromatic rings. The topological polar surface area (TPSA) is 44.3 Å². The van der Waals surface area contributed by atoms with E-state index in [-0.39, 0.29) is 0 Å². The molecule has 1 aliphatic carbocycles. The molecule has 3 rings (SSSR count). The van der Waals surface area contributed by atoms with Gasteiger partial charge in [-0.25, -0.2) is 4.98 Å². The molecule has 1 aromatic heterocycles. The summed E-state index contributed by atoms with van der Waals surface area (Å²) >= 11 is 0. The normalized spacial score (nSPS) is 19.6. The Bertz CT molecular complexity index is 451. The monoisotopic (exact) mass is 261 g/mol. The molecule has 104 valence electrons. The first-order chi connectivity index (χ1) is 9.28. The number of anilines is 2. The number of hydrogen-bond donors (Lipinski definition) is 1. The minimum absolute atomic E-state index is 0.921. The van der Waals surface area contributed by atoms with E-state index in [1.165, 1.54) is 17.7 Å². The van der Waals surface area contributed by atoms with Crippen molar-refractivity contribution in [1.82, 2.24) is 14.9 Å². The Hall–Kier alpha value is -1.36. The molecule has 19 heavy (non-hydrogen) atoms. The van der Waals surface area contributed by atoms with Gasteiger partial charge in [0, 0.05) is 38.3 Å². The first kappa shape index (κ1) is 12.7. The Morgan fingerprint density at radius 2 is 1.89 bits per heavy atom. The maximum absolute atomic E-state index is 4.80. The third kappa shape index (κ3) is 2.52. The molecule has 0 aromatic carbocycles. The molecule has 1 saturated heterocycles. The van der Waals surface area contributed by atoms with Gasteiger partial charge in [-0.1, -0.05) is 0 Å². The number of aryl methyl sites for hydroxylation is 1. The van der Waals surface area contributed by atoms with Gasteiger partial charge in [-0.15, -0.1) is 0 Å². The lowest BCUT2D eigenvalue weighted by Gasteiger charge is -2.32. The maximum Gasteiger partial charge on any atom is 0.227 e. The standard InChI is InChI=1S/C14H23N5/c1-3-15-13-11-5-4-6-12(11)16-14(17-13)19-9-7-18(2)8-10-19/h3-10H2,1-2H3,(H,15,16,17). The number of fused-ring (bicyclic) bond motifs is 1. The van der Waals surface area contributed by atoms with Crippen LogP contribution in [0, 0.1) is 0 Å². The van der Waals surface area contributed by atoms with Crippen LogP contribution in [0.15, 0.2) is 0 Å². The van der Waals surface area contributed by atoms with Crippen molar-refractivity contribution in [2.24, 2.45) is 0 Å². The van der Waals surface area contributed by atoms with Crippen LogP contribution >= 0.6 is 0 Å². The van der Waals surface area contributed by atoms with Crippen LogP contribution in [0.2, 0.25) is 0 Å². The van der Waals surface area contributed by atoms with E-state index in [4.69, 9.17) is 9.97 Å². The molecule has 0 unspecified atom stereocenters. The van der Waals surface area contributed by atoms with Crippen molar-refractivity contribution < 1.29 is 0 Å². The van der Waals surface area contributed by atoms with E-state index in [9.17, 15) is 0 Å². The zero-order valence-electron chi connectivity index (χ0n) is 11.9. The summed E-state index contributed by atoms with van der Waals surface area (Å²) < 4.78 is 0. The fraction of sp³-hybridized carbons (Fsp3) is 0.714. The lowest BCUT2D eigenvalue weighted by molar-refractivity contribution is 0.311. The molecule has 0 bridgehead atoms. The Labute approximate surface area is 115 Å². The highest BCUT2D eigenvalue weighted by Crippen LogP contribution is 2.28. The maximum atomic E-state index is 4.80. The third-order valence-corrected chi connectivity index (χ3v) is 4.05. The van der Waals surface area contributed by atoms with E-state index < -0.39 is 0 Å². The predicted molar refractivity (Wildman–Crippen MR) is 77.9 cm³/mol. The van der Waals surface area contributed by atoms with Gasteiger partial charge < -0.3 is 15.1 Å². The van der Waals surface area contributed by atoms with E-state index in [1.807, 2.05) is 0 Å². The van der Waals surface area contributed by atoms with Gasteiger partial charge in [0.05, 0.1) is 5.69 Å². The highest BCUT2D eigenvalue weighted by atomic mass is 15.3. The summed E-state index contributed by atoms with van der Waals surface area (Å²) in [5.74, 6) is 1.99. The van der Waals surface area contributed by atoms with Gasteiger partial charge in [0.25, 0.3) is 0 Å². The van der Waals surface area contributed by atoms with Gasteiger partial charge in [-0.3, -0.25) is 0 Å². The van der Waals surface area contributed by atoms with E-state index in [0.717, 1.165) is 57.3 Å². The average Bonchev–Trinajstić information content (AvgIpc) is 2.88. The molecule has 0 saturated carbocycles. The van der Waals surface area contributed by atoms with Gasteiger partial charge in [0.1, 0.15) is 5.82 Å². The van der Waals surface area contributed by atoms with Crippen LogP contribution in [0.1, 0.15) is 24.6 Å². The molecule has 2 heterocycles. The van der Waals surface area contributed by atoms with E-state index >= 15 is 0 Å². The quantitative estimate of drug-likeness (QED) is 0.884. The summed E-state index contributed by atoms with van der Waals surface area (Å²) in [7, 11) is 2.17. The summed E-state index contributed by atoms with van der Waals surface area (Å²) in [5.41, 5.74) is 2.61. The first-order valence-electron chi connectivity index (χ1n) is 7.35. The van der Waals surface area contributed by atoms with Crippen molar-refractivity contribution in [2.45, 2.75) is 26.2 Å². The van der Waals surface area contributed by atoms with Gasteiger partial charge >= 0.3 is 0 Å². The summed E-state index contributed by atoms with van der Waals surface area (Å²) in [6.07, 6.45) is 3.45. The molecule has 1 aliphatic heterocycles. The summed E-state index contributed by atoms with van der Waals surface area (Å²) in [5, 5.41) is 3.41. The second-order valence-corrected chi connectivity index (χ2v) is 5.47. The highest BCUT2D eigenvalue weighted by molar-refractivity contribution is 5.53. The highest BCUT2D eigenvalue weighted by Gasteiger charge is 2.23. The van der Waals surface area contributed by atoms with Crippen LogP contribution in [-0.2, 0) is 12.8 Å². The van der Waals surface area contributed by atoms with E-state index in [0.29, 0.717) is 0 Å². The molecular formula is C14H23N5. The van der Waals surface area contributed by atoms with Crippen molar-refractivity contribution >= 4 is 11.8 Å². The number of nitrogens with zero attached hydrogens (tertiary/aromatic N) is 4. The lowest BCUT2D eigenvalue weighted by atomic mass is 10.2. The average molecular weight is 261 g/mol. The van der Waals surface area contributed by atoms with Crippen LogP contribution < -0.4 is 10.2 Å². The second-order valence-electron chi connectivity index (χ2n) is 5.47. The fourth-order valence-electron chi connectivity index (χ4n) is 2.88. The molecule has 5 nitrogen and oxygen atoms in total. The molecule has 2 aliphatic rings. The number of nitrogens with one attached hydrogen (secondary N) is 1. The van der Waals surface area contributed by atoms with Crippen molar-refractivity contribution in [3.05, 3.63) is 11.3 Å². The summed E-state index contributed by atoms with van der Waals surface area (Å²) in [6, 6.07) is 0. The fourth-order valence-corrected chi connectivity index (χ4v) is 2.88. The number of hydrogen-bond acceptors (Lipinski definition) is 5. The van der Waals surface area contributed by atoms with Crippen LogP contribution in [0.5, 0.6) is 0 Å². The molecule has 1 N–H and O–H groups in total. The number of rotatable bonds is 3. The number of likely N-dealkylation sites (N-methyl/N-ethyl adjacent to an activating group) is 1. The number of aromatic nitrogens is 2. The van der Waals surface area contributed by atoms with Crippen LogP contribution in [0.25, 0.3) is 0 Å². The van der Waals surface area contributed by atoms with Gasteiger partial charge in [-0.2, -0.15) is 4.98 Å². The van der Waals surface area contributed by atoms with Crippen molar-refractivity contribution in [2.75, 3.05) is 50.0 Å². The van der Waals surface area contributed by atoms with E-state index in [1.54, 1.807) is 0 Å². The van der Waals surface area contributed by atoms with Crippen molar-refractivity contribution in [3.8, 4) is 0 Å². The van der Waals surface area contributed by atoms with E-state index in [2.05, 4.69) is 29.1 Å². The first-order valence-corrected chi connectivity index (χ1v) is 7.35. The zero-order valence-corrected chi connectivity index (χ0v) is 11.9. The van der Waals surface area contributed by atoms with Crippen molar-refractivity contribution in [1.29, 1.82) is 0 Å². The number of piperazine rings is 1. The van der Waals surface area contributed by atoms with Crippen LogP contribution in [0.4, 0.5) is 11.8 Å².